The number of nitrogens with one attached hydrogen (secondary N) is 2. The maximum atomic E-state index is 9.73. The molecule has 6 nitrogen and oxygen atoms in total. The number of hydrogen-bond acceptors (Lipinski definition) is 6. The highest BCUT2D eigenvalue weighted by atomic mass is 32.2. The third kappa shape index (κ3) is 3.66. The molecule has 0 saturated carbocycles. The molecule has 4 N–H and O–H groups in total. The molecule has 2 heterocycles. The summed E-state index contributed by atoms with van der Waals surface area (Å²) in [5, 5.41) is 22.4. The van der Waals surface area contributed by atoms with Crippen LogP contribution in [0.4, 0.5) is 0 Å². The molecule has 0 saturated heterocycles. The van der Waals surface area contributed by atoms with Crippen LogP contribution in [0.3, 0.4) is 0 Å². The summed E-state index contributed by atoms with van der Waals surface area (Å²) in [5.41, 5.74) is 2.66. The first-order valence-electron chi connectivity index (χ1n) is 6.04. The van der Waals surface area contributed by atoms with Gasteiger partial charge in [-0.25, -0.2) is 4.98 Å². The largest absolute Gasteiger partial charge is 0.390 e. The summed E-state index contributed by atoms with van der Waals surface area (Å²) in [4.78, 5) is 11.3. The maximum absolute atomic E-state index is 9.73. The Kier molecular flexibility index (Phi) is 5.15. The molecule has 0 fully saturated rings. The molecule has 0 aromatic heterocycles. The number of rotatable bonds is 7. The van der Waals surface area contributed by atoms with Gasteiger partial charge in [0.25, 0.3) is 0 Å². The summed E-state index contributed by atoms with van der Waals surface area (Å²) in [5.74, 6) is 0.529. The van der Waals surface area contributed by atoms with Gasteiger partial charge in [-0.3, -0.25) is 4.98 Å². The van der Waals surface area contributed by atoms with Crippen molar-refractivity contribution in [2.75, 3.05) is 18.6 Å². The zero-order valence-corrected chi connectivity index (χ0v) is 11.5. The number of nitrogens with zero attached hydrogens (tertiary/aromatic N) is 2. The second-order valence-electron chi connectivity index (χ2n) is 4.31. The molecule has 0 aliphatic carbocycles. The summed E-state index contributed by atoms with van der Waals surface area (Å²) in [6.45, 7) is 0.907. The normalized spacial score (nSPS) is 14.7. The Balaban J connectivity index is 1.83. The Hall–Kier alpha value is -1.15. The minimum Gasteiger partial charge on any atom is -0.390 e. The van der Waals surface area contributed by atoms with Gasteiger partial charge in [0.15, 0.2) is 0 Å². The van der Waals surface area contributed by atoms with E-state index in [9.17, 15) is 10.2 Å². The van der Waals surface area contributed by atoms with Crippen molar-refractivity contribution in [3.63, 3.8) is 0 Å². The minimum absolute atomic E-state index is 0.341. The van der Waals surface area contributed by atoms with Crippen LogP contribution in [0, 0.1) is 0 Å². The molecular formula is C12H18N4O2S. The molecule has 0 aromatic rings. The van der Waals surface area contributed by atoms with Crippen LogP contribution in [-0.4, -0.2) is 55.9 Å². The van der Waals surface area contributed by atoms with Gasteiger partial charge in [0.1, 0.15) is 5.69 Å². The zero-order chi connectivity index (χ0) is 13.7. The highest BCUT2D eigenvalue weighted by Gasteiger charge is 2.16. The lowest BCUT2D eigenvalue weighted by molar-refractivity contribution is 0.0347. The fourth-order valence-corrected chi connectivity index (χ4v) is 2.37. The second-order valence-corrected chi connectivity index (χ2v) is 5.22. The molecule has 0 radical (unpaired) electrons. The minimum atomic E-state index is -0.761. The summed E-state index contributed by atoms with van der Waals surface area (Å²) in [6, 6.07) is 0. The average molecular weight is 282 g/mol. The van der Waals surface area contributed by atoms with Crippen LogP contribution in [0.5, 0.6) is 0 Å². The van der Waals surface area contributed by atoms with Gasteiger partial charge in [0.05, 0.1) is 24.2 Å². The van der Waals surface area contributed by atoms with Crippen molar-refractivity contribution in [2.45, 2.75) is 18.8 Å². The zero-order valence-electron chi connectivity index (χ0n) is 10.7. The van der Waals surface area contributed by atoms with Gasteiger partial charge < -0.3 is 20.5 Å². The molecule has 2 atom stereocenters. The molecule has 19 heavy (non-hydrogen) atoms. The van der Waals surface area contributed by atoms with Gasteiger partial charge in [-0.1, -0.05) is 0 Å². The number of fused-ring (bicyclic) bond motifs is 1. The molecule has 0 bridgehead atoms. The first-order chi connectivity index (χ1) is 9.22. The quantitative estimate of drug-likeness (QED) is 0.575. The van der Waals surface area contributed by atoms with Gasteiger partial charge in [0.2, 0.25) is 0 Å². The number of aromatic amines is 1. The molecule has 0 aromatic carbocycles. The van der Waals surface area contributed by atoms with Crippen LogP contribution in [-0.2, 0) is 6.54 Å². The molecular weight excluding hydrogens is 264 g/mol. The van der Waals surface area contributed by atoms with Crippen molar-refractivity contribution in [3.8, 4) is 11.4 Å². The maximum Gasteiger partial charge on any atom is 0.105 e. The third-order valence-electron chi connectivity index (χ3n) is 2.84. The number of thioether (sulfide) groups is 1. The van der Waals surface area contributed by atoms with Crippen LogP contribution in [0.2, 0.25) is 0 Å². The lowest BCUT2D eigenvalue weighted by Gasteiger charge is -2.17. The van der Waals surface area contributed by atoms with Crippen molar-refractivity contribution in [1.29, 1.82) is 0 Å². The Labute approximate surface area is 116 Å². The fourth-order valence-electron chi connectivity index (χ4n) is 1.81. The number of aromatic nitrogens is 3. The number of hydrogen-bond donors (Lipinski definition) is 4. The number of aliphatic hydroxyl groups excluding tert-OH is 2. The van der Waals surface area contributed by atoms with Gasteiger partial charge in [-0.15, -0.1) is 0 Å². The molecule has 0 unspecified atom stereocenters. The monoisotopic (exact) mass is 282 g/mol. The highest BCUT2D eigenvalue weighted by Crippen LogP contribution is 2.20. The Morgan fingerprint density at radius 3 is 3.00 bits per heavy atom. The lowest BCUT2D eigenvalue weighted by atomic mass is 10.2. The van der Waals surface area contributed by atoms with Crippen molar-refractivity contribution in [3.05, 3.63) is 24.3 Å². The summed E-state index contributed by atoms with van der Waals surface area (Å²) in [6.07, 6.45) is 5.61. The Bertz CT molecular complexity index is 479. The standard InChI is InChI=1S/C12H18N4O2S/c1-19-6-11(18)10(17)5-13-2-8-3-15-9-4-14-7-16-12(8)9/h3-4,7,10-11,13,17-18H,2,5-6H2,1H3,(H,14,16)/t10-,11+/m1/s1. The highest BCUT2D eigenvalue weighted by molar-refractivity contribution is 7.98. The number of aliphatic hydroxyl groups is 2. The van der Waals surface area contributed by atoms with E-state index in [0.717, 1.165) is 17.0 Å². The molecule has 2 aliphatic rings. The van der Waals surface area contributed by atoms with E-state index < -0.39 is 12.2 Å². The van der Waals surface area contributed by atoms with E-state index in [1.807, 2.05) is 6.26 Å². The molecule has 2 rings (SSSR count). The summed E-state index contributed by atoms with van der Waals surface area (Å²) < 4.78 is 0. The van der Waals surface area contributed by atoms with Crippen molar-refractivity contribution in [2.24, 2.45) is 0 Å². The summed E-state index contributed by atoms with van der Waals surface area (Å²) >= 11 is 1.51. The van der Waals surface area contributed by atoms with Gasteiger partial charge >= 0.3 is 0 Å². The van der Waals surface area contributed by atoms with E-state index in [2.05, 4.69) is 20.3 Å². The molecule has 0 spiro atoms. The molecule has 104 valence electrons. The van der Waals surface area contributed by atoms with E-state index in [1.165, 1.54) is 11.8 Å². The summed E-state index contributed by atoms with van der Waals surface area (Å²) in [7, 11) is 0. The average Bonchev–Trinajstić information content (AvgIpc) is 2.82. The predicted molar refractivity (Wildman–Crippen MR) is 75.1 cm³/mol. The molecule has 7 heteroatoms. The van der Waals surface area contributed by atoms with E-state index in [0.29, 0.717) is 18.8 Å². The van der Waals surface area contributed by atoms with Crippen LogP contribution >= 0.6 is 11.8 Å². The van der Waals surface area contributed by atoms with Gasteiger partial charge in [-0.2, -0.15) is 11.8 Å². The first-order valence-corrected chi connectivity index (χ1v) is 7.44. The van der Waals surface area contributed by atoms with Gasteiger partial charge in [-0.05, 0) is 6.26 Å². The smallest absolute Gasteiger partial charge is 0.105 e. The van der Waals surface area contributed by atoms with Crippen LogP contribution in [0.15, 0.2) is 18.7 Å². The van der Waals surface area contributed by atoms with E-state index in [4.69, 9.17) is 0 Å². The third-order valence-corrected chi connectivity index (χ3v) is 3.52. The van der Waals surface area contributed by atoms with Crippen molar-refractivity contribution in [1.82, 2.24) is 20.3 Å². The Morgan fingerprint density at radius 1 is 1.37 bits per heavy atom. The predicted octanol–water partition coefficient (Wildman–Crippen LogP) is 0.0839. The topological polar surface area (TPSA) is 94.1 Å². The number of H-pyrrole nitrogens is 1. The molecule has 0 amide bonds. The van der Waals surface area contributed by atoms with Crippen LogP contribution in [0.1, 0.15) is 5.56 Å². The van der Waals surface area contributed by atoms with Crippen molar-refractivity contribution >= 4 is 11.8 Å². The van der Waals surface area contributed by atoms with E-state index >= 15 is 0 Å². The molecule has 2 aliphatic heterocycles. The fraction of sp³-hybridized carbons (Fsp3) is 0.500. The Morgan fingerprint density at radius 2 is 2.21 bits per heavy atom. The van der Waals surface area contributed by atoms with Gasteiger partial charge in [0, 0.05) is 36.8 Å². The lowest BCUT2D eigenvalue weighted by Crippen LogP contribution is -2.37. The van der Waals surface area contributed by atoms with Crippen LogP contribution in [0.25, 0.3) is 11.4 Å². The SMILES string of the molecule is CSC[C@H](O)[C@H](O)CNCc1cnc2c[nH]cnc1-2. The van der Waals surface area contributed by atoms with Crippen molar-refractivity contribution < 1.29 is 10.2 Å². The van der Waals surface area contributed by atoms with E-state index in [1.54, 1.807) is 18.7 Å². The first kappa shape index (κ1) is 14.3. The van der Waals surface area contributed by atoms with Crippen LogP contribution < -0.4 is 5.32 Å². The second kappa shape index (κ2) is 6.85. The van der Waals surface area contributed by atoms with E-state index in [-0.39, 0.29) is 0 Å².